The van der Waals surface area contributed by atoms with Crippen molar-refractivity contribution in [2.75, 3.05) is 0 Å². The molecule has 0 saturated heterocycles. The van der Waals surface area contributed by atoms with Crippen LogP contribution in [0.3, 0.4) is 0 Å². The zero-order chi connectivity index (χ0) is 17.4. The van der Waals surface area contributed by atoms with Crippen molar-refractivity contribution in [1.29, 1.82) is 0 Å². The van der Waals surface area contributed by atoms with Crippen LogP contribution in [-0.2, 0) is 14.8 Å². The molecule has 1 aromatic heterocycles. The van der Waals surface area contributed by atoms with Gasteiger partial charge in [-0.2, -0.15) is 15.4 Å². The van der Waals surface area contributed by atoms with Gasteiger partial charge in [0.1, 0.15) is 11.0 Å². The number of amides is 1. The van der Waals surface area contributed by atoms with Crippen LogP contribution in [0, 0.1) is 11.3 Å². The minimum absolute atomic E-state index is 0.0140. The van der Waals surface area contributed by atoms with Gasteiger partial charge in [0, 0.05) is 6.42 Å². The number of sulfonamides is 1. The van der Waals surface area contributed by atoms with Crippen LogP contribution >= 0.6 is 0 Å². The second kappa shape index (κ2) is 6.16. The second-order valence-electron chi connectivity index (χ2n) is 7.14. The molecule has 3 rings (SSSR count). The molecular weight excluding hydrogens is 328 g/mol. The molecule has 1 fully saturated rings. The molecule has 2 N–H and O–H groups in total. The minimum atomic E-state index is -3.90. The molecule has 24 heavy (non-hydrogen) atoms. The Bertz CT molecular complexity index is 857. The lowest BCUT2D eigenvalue weighted by atomic mass is 9.67. The Morgan fingerprint density at radius 1 is 1.29 bits per heavy atom. The van der Waals surface area contributed by atoms with Crippen molar-refractivity contribution >= 4 is 27.0 Å². The molecule has 1 saturated carbocycles. The number of rotatable bonds is 4. The summed E-state index contributed by atoms with van der Waals surface area (Å²) in [5, 5.41) is 10.2. The highest BCUT2D eigenvalue weighted by molar-refractivity contribution is 7.90. The number of benzene rings is 1. The number of hydrogen-bond donors (Lipinski definition) is 2. The maximum atomic E-state index is 12.4. The van der Waals surface area contributed by atoms with Crippen molar-refractivity contribution < 1.29 is 13.2 Å². The lowest BCUT2D eigenvalue weighted by Crippen LogP contribution is -2.36. The Hall–Kier alpha value is -1.96. The van der Waals surface area contributed by atoms with Crippen LogP contribution in [0.15, 0.2) is 23.1 Å². The summed E-state index contributed by atoms with van der Waals surface area (Å²) in [6.45, 7) is 4.30. The van der Waals surface area contributed by atoms with Gasteiger partial charge >= 0.3 is 0 Å². The third-order valence-electron chi connectivity index (χ3n) is 5.01. The molecule has 1 aliphatic carbocycles. The summed E-state index contributed by atoms with van der Waals surface area (Å²) in [5.41, 5.74) is 1.09. The van der Waals surface area contributed by atoms with Crippen molar-refractivity contribution in [1.82, 2.24) is 20.1 Å². The van der Waals surface area contributed by atoms with Crippen LogP contribution in [0.1, 0.15) is 46.0 Å². The standard InChI is InChI=1S/C16H22N4O3S/c1-16(2)8-4-3-5-11(16)9-15(21)19-24(22,23)12-6-7-13-14(10-12)18-20-17-13/h6-7,10-11H,3-5,8-9H2,1-2H3,(H,19,21)(H,17,18,20). The molecule has 2 aromatic rings. The first-order chi connectivity index (χ1) is 11.3. The van der Waals surface area contributed by atoms with Gasteiger partial charge in [-0.1, -0.05) is 26.7 Å². The van der Waals surface area contributed by atoms with E-state index >= 15 is 0 Å². The first kappa shape index (κ1) is 16.9. The normalized spacial score (nSPS) is 20.8. The molecule has 1 atom stereocenters. The zero-order valence-electron chi connectivity index (χ0n) is 13.9. The summed E-state index contributed by atoms with van der Waals surface area (Å²) in [6, 6.07) is 4.38. The van der Waals surface area contributed by atoms with E-state index < -0.39 is 15.9 Å². The van der Waals surface area contributed by atoms with Crippen LogP contribution in [0.2, 0.25) is 0 Å². The van der Waals surface area contributed by atoms with E-state index in [9.17, 15) is 13.2 Å². The number of carbonyl (C=O) groups excluding carboxylic acids is 1. The first-order valence-corrected chi connectivity index (χ1v) is 9.62. The Morgan fingerprint density at radius 2 is 2.04 bits per heavy atom. The number of fused-ring (bicyclic) bond motifs is 1. The van der Waals surface area contributed by atoms with Gasteiger partial charge in [0.25, 0.3) is 10.0 Å². The lowest BCUT2D eigenvalue weighted by molar-refractivity contribution is -0.121. The molecule has 0 radical (unpaired) electrons. The molecule has 1 aromatic carbocycles. The molecule has 1 aliphatic rings. The first-order valence-electron chi connectivity index (χ1n) is 8.14. The largest absolute Gasteiger partial charge is 0.274 e. The average Bonchev–Trinajstić information content (AvgIpc) is 2.96. The summed E-state index contributed by atoms with van der Waals surface area (Å²) < 4.78 is 27.0. The predicted molar refractivity (Wildman–Crippen MR) is 89.6 cm³/mol. The highest BCUT2D eigenvalue weighted by Crippen LogP contribution is 2.42. The number of carbonyl (C=O) groups is 1. The van der Waals surface area contributed by atoms with E-state index in [1.807, 2.05) is 0 Å². The summed E-state index contributed by atoms with van der Waals surface area (Å²) >= 11 is 0. The molecule has 8 heteroatoms. The molecule has 130 valence electrons. The van der Waals surface area contributed by atoms with Crippen molar-refractivity contribution in [3.63, 3.8) is 0 Å². The van der Waals surface area contributed by atoms with Crippen LogP contribution in [0.25, 0.3) is 11.0 Å². The van der Waals surface area contributed by atoms with E-state index in [2.05, 4.69) is 34.0 Å². The van der Waals surface area contributed by atoms with Crippen LogP contribution < -0.4 is 4.72 Å². The van der Waals surface area contributed by atoms with Crippen molar-refractivity contribution in [3.05, 3.63) is 18.2 Å². The highest BCUT2D eigenvalue weighted by atomic mass is 32.2. The van der Waals surface area contributed by atoms with E-state index in [-0.39, 0.29) is 22.6 Å². The minimum Gasteiger partial charge on any atom is -0.274 e. The van der Waals surface area contributed by atoms with Gasteiger partial charge in [-0.25, -0.2) is 13.1 Å². The molecular formula is C16H22N4O3S. The Morgan fingerprint density at radius 3 is 2.79 bits per heavy atom. The third-order valence-corrected chi connectivity index (χ3v) is 6.38. The fourth-order valence-electron chi connectivity index (χ4n) is 3.41. The van der Waals surface area contributed by atoms with E-state index in [0.717, 1.165) is 19.3 Å². The van der Waals surface area contributed by atoms with Gasteiger partial charge in [0.15, 0.2) is 0 Å². The summed E-state index contributed by atoms with van der Waals surface area (Å²) in [6.07, 6.45) is 4.53. The van der Waals surface area contributed by atoms with Crippen molar-refractivity contribution in [2.45, 2.75) is 50.8 Å². The molecule has 1 heterocycles. The Balaban J connectivity index is 1.72. The zero-order valence-corrected chi connectivity index (χ0v) is 14.7. The summed E-state index contributed by atoms with van der Waals surface area (Å²) in [7, 11) is -3.90. The smallest absolute Gasteiger partial charge is 0.264 e. The summed E-state index contributed by atoms with van der Waals surface area (Å²) in [5.74, 6) is -0.241. The Kier molecular flexibility index (Phi) is 4.33. The number of nitrogens with zero attached hydrogens (tertiary/aromatic N) is 2. The van der Waals surface area contributed by atoms with Gasteiger partial charge in [-0.15, -0.1) is 0 Å². The highest BCUT2D eigenvalue weighted by Gasteiger charge is 2.34. The lowest BCUT2D eigenvalue weighted by Gasteiger charge is -2.38. The topological polar surface area (TPSA) is 105 Å². The predicted octanol–water partition coefficient (Wildman–Crippen LogP) is 2.37. The average molecular weight is 350 g/mol. The SMILES string of the molecule is CC1(C)CCCCC1CC(=O)NS(=O)(=O)c1ccc2n[nH]nc2c1. The summed E-state index contributed by atoms with van der Waals surface area (Å²) in [4.78, 5) is 12.3. The van der Waals surface area contributed by atoms with E-state index in [0.29, 0.717) is 11.0 Å². The van der Waals surface area contributed by atoms with E-state index in [4.69, 9.17) is 0 Å². The number of nitrogens with one attached hydrogen (secondary N) is 2. The molecule has 7 nitrogen and oxygen atoms in total. The van der Waals surface area contributed by atoms with Gasteiger partial charge in [-0.05, 0) is 42.4 Å². The number of hydrogen-bond acceptors (Lipinski definition) is 5. The monoisotopic (exact) mass is 350 g/mol. The number of H-pyrrole nitrogens is 1. The van der Waals surface area contributed by atoms with Crippen molar-refractivity contribution in [3.8, 4) is 0 Å². The second-order valence-corrected chi connectivity index (χ2v) is 8.82. The maximum Gasteiger partial charge on any atom is 0.264 e. The van der Waals surface area contributed by atoms with Gasteiger partial charge in [0.2, 0.25) is 5.91 Å². The molecule has 0 aliphatic heterocycles. The quantitative estimate of drug-likeness (QED) is 0.881. The van der Waals surface area contributed by atoms with Gasteiger partial charge in [0.05, 0.1) is 4.90 Å². The van der Waals surface area contributed by atoms with Crippen LogP contribution in [0.5, 0.6) is 0 Å². The molecule has 0 bridgehead atoms. The fraction of sp³-hybridized carbons (Fsp3) is 0.562. The van der Waals surface area contributed by atoms with Crippen molar-refractivity contribution in [2.24, 2.45) is 11.3 Å². The molecule has 1 unspecified atom stereocenters. The van der Waals surface area contributed by atoms with E-state index in [1.165, 1.54) is 18.6 Å². The van der Waals surface area contributed by atoms with Crippen LogP contribution in [-0.4, -0.2) is 29.7 Å². The number of aromatic amines is 1. The van der Waals surface area contributed by atoms with Gasteiger partial charge < -0.3 is 0 Å². The molecule has 0 spiro atoms. The molecule has 1 amide bonds. The maximum absolute atomic E-state index is 12.4. The van der Waals surface area contributed by atoms with Gasteiger partial charge in [-0.3, -0.25) is 4.79 Å². The van der Waals surface area contributed by atoms with Crippen LogP contribution in [0.4, 0.5) is 0 Å². The third kappa shape index (κ3) is 3.43. The fourth-order valence-corrected chi connectivity index (χ4v) is 4.42. The number of aromatic nitrogens is 3. The Labute approximate surface area is 141 Å². The van der Waals surface area contributed by atoms with E-state index in [1.54, 1.807) is 6.07 Å².